The summed E-state index contributed by atoms with van der Waals surface area (Å²) < 4.78 is 25.0. The smallest absolute Gasteiger partial charge is 0.253 e. The van der Waals surface area contributed by atoms with E-state index in [0.717, 1.165) is 19.1 Å². The Hall–Kier alpha value is -2.09. The highest BCUT2D eigenvalue weighted by Crippen LogP contribution is 2.20. The van der Waals surface area contributed by atoms with Crippen molar-refractivity contribution in [1.29, 1.82) is 0 Å². The maximum absolute atomic E-state index is 12.7. The minimum atomic E-state index is -3.40. The molecule has 0 saturated carbocycles. The molecular weight excluding hydrogens is 330 g/mol. The topological polar surface area (TPSA) is 95.6 Å². The second-order valence-electron chi connectivity index (χ2n) is 5.94. The van der Waals surface area contributed by atoms with Crippen molar-refractivity contribution in [2.75, 3.05) is 30.6 Å². The number of amides is 2. The van der Waals surface area contributed by atoms with Gasteiger partial charge in [-0.15, -0.1) is 0 Å². The lowest BCUT2D eigenvalue weighted by atomic mass is 9.96. The molecule has 2 rings (SSSR count). The van der Waals surface area contributed by atoms with Gasteiger partial charge in [-0.2, -0.15) is 0 Å². The largest absolute Gasteiger partial charge is 0.356 e. The van der Waals surface area contributed by atoms with E-state index in [4.69, 9.17) is 0 Å². The van der Waals surface area contributed by atoms with E-state index in [2.05, 4.69) is 10.0 Å². The number of nitrogens with one attached hydrogen (secondary N) is 2. The molecule has 2 N–H and O–H groups in total. The average Bonchev–Trinajstić information content (AvgIpc) is 2.53. The lowest BCUT2D eigenvalue weighted by Crippen LogP contribution is -2.45. The van der Waals surface area contributed by atoms with Gasteiger partial charge < -0.3 is 10.2 Å². The van der Waals surface area contributed by atoms with Crippen molar-refractivity contribution in [3.8, 4) is 0 Å². The molecule has 132 valence electrons. The van der Waals surface area contributed by atoms with Gasteiger partial charge >= 0.3 is 0 Å². The number of rotatable bonds is 5. The van der Waals surface area contributed by atoms with E-state index in [-0.39, 0.29) is 17.7 Å². The minimum absolute atomic E-state index is 0.0255. The second-order valence-corrected chi connectivity index (χ2v) is 7.69. The first-order valence-corrected chi connectivity index (χ1v) is 9.84. The highest BCUT2D eigenvalue weighted by atomic mass is 32.2. The standard InChI is InChI=1S/C16H23N3O4S/c1-3-17-15(20)13-7-5-9-19(11-13)16(21)12-6-4-8-14(10-12)18-24(2,22)23/h4,6,8,10,13,18H,3,5,7,9,11H2,1-2H3,(H,17,20)/t13-/m1/s1. The molecule has 1 aromatic rings. The molecule has 2 amide bonds. The number of carbonyl (C=O) groups is 2. The molecule has 1 heterocycles. The third kappa shape index (κ3) is 4.95. The monoisotopic (exact) mass is 353 g/mol. The molecular formula is C16H23N3O4S. The SMILES string of the molecule is CCNC(=O)[C@@H]1CCCN(C(=O)c2cccc(NS(C)(=O)=O)c2)C1. The summed E-state index contributed by atoms with van der Waals surface area (Å²) >= 11 is 0. The van der Waals surface area contributed by atoms with Crippen LogP contribution in [0.3, 0.4) is 0 Å². The molecule has 1 aliphatic rings. The highest BCUT2D eigenvalue weighted by Gasteiger charge is 2.28. The van der Waals surface area contributed by atoms with Crippen LogP contribution in [0, 0.1) is 5.92 Å². The number of anilines is 1. The van der Waals surface area contributed by atoms with E-state index in [9.17, 15) is 18.0 Å². The van der Waals surface area contributed by atoms with Crippen LogP contribution in [0.1, 0.15) is 30.1 Å². The fourth-order valence-corrected chi connectivity index (χ4v) is 3.36. The predicted molar refractivity (Wildman–Crippen MR) is 92.2 cm³/mol. The van der Waals surface area contributed by atoms with E-state index in [0.29, 0.717) is 30.9 Å². The fourth-order valence-electron chi connectivity index (χ4n) is 2.81. The summed E-state index contributed by atoms with van der Waals surface area (Å²) in [6.45, 7) is 3.42. The summed E-state index contributed by atoms with van der Waals surface area (Å²) in [5.41, 5.74) is 0.751. The van der Waals surface area contributed by atoms with Gasteiger partial charge in [-0.25, -0.2) is 8.42 Å². The van der Waals surface area contributed by atoms with Crippen LogP contribution in [0.2, 0.25) is 0 Å². The molecule has 0 spiro atoms. The summed E-state index contributed by atoms with van der Waals surface area (Å²) in [7, 11) is -3.40. The first-order chi connectivity index (χ1) is 11.3. The second kappa shape index (κ2) is 7.65. The Bertz CT molecular complexity index is 718. The van der Waals surface area contributed by atoms with Crippen molar-refractivity contribution < 1.29 is 18.0 Å². The number of sulfonamides is 1. The lowest BCUT2D eigenvalue weighted by Gasteiger charge is -2.32. The lowest BCUT2D eigenvalue weighted by molar-refractivity contribution is -0.126. The number of hydrogen-bond acceptors (Lipinski definition) is 4. The van der Waals surface area contributed by atoms with Crippen molar-refractivity contribution in [3.63, 3.8) is 0 Å². The third-order valence-electron chi connectivity index (χ3n) is 3.84. The Labute approximate surface area is 142 Å². The van der Waals surface area contributed by atoms with E-state index in [1.54, 1.807) is 23.1 Å². The summed E-state index contributed by atoms with van der Waals surface area (Å²) in [6, 6.07) is 6.38. The number of hydrogen-bond donors (Lipinski definition) is 2. The Morgan fingerprint density at radius 1 is 1.33 bits per heavy atom. The van der Waals surface area contributed by atoms with Crippen molar-refractivity contribution in [3.05, 3.63) is 29.8 Å². The van der Waals surface area contributed by atoms with Gasteiger partial charge in [0, 0.05) is 30.9 Å². The number of benzene rings is 1. The van der Waals surface area contributed by atoms with Gasteiger partial charge in [0.1, 0.15) is 0 Å². The van der Waals surface area contributed by atoms with Crippen molar-refractivity contribution in [2.45, 2.75) is 19.8 Å². The normalized spacial score (nSPS) is 18.1. The molecule has 1 aromatic carbocycles. The van der Waals surface area contributed by atoms with E-state index >= 15 is 0 Å². The van der Waals surface area contributed by atoms with Crippen molar-refractivity contribution in [1.82, 2.24) is 10.2 Å². The molecule has 0 aliphatic carbocycles. The molecule has 0 unspecified atom stereocenters. The molecule has 0 radical (unpaired) electrons. The van der Waals surface area contributed by atoms with E-state index < -0.39 is 10.0 Å². The van der Waals surface area contributed by atoms with Gasteiger partial charge in [-0.3, -0.25) is 14.3 Å². The number of piperidine rings is 1. The molecule has 1 atom stereocenters. The molecule has 1 fully saturated rings. The molecule has 1 saturated heterocycles. The van der Waals surface area contributed by atoms with E-state index in [1.807, 2.05) is 6.92 Å². The van der Waals surface area contributed by atoms with Crippen LogP contribution in [0.25, 0.3) is 0 Å². The van der Waals surface area contributed by atoms with Crippen LogP contribution < -0.4 is 10.0 Å². The Morgan fingerprint density at radius 2 is 2.08 bits per heavy atom. The van der Waals surface area contributed by atoms with Crippen molar-refractivity contribution >= 4 is 27.5 Å². The van der Waals surface area contributed by atoms with Gasteiger partial charge in [0.05, 0.1) is 12.2 Å². The maximum atomic E-state index is 12.7. The number of nitrogens with zero attached hydrogens (tertiary/aromatic N) is 1. The predicted octanol–water partition coefficient (Wildman–Crippen LogP) is 1.05. The highest BCUT2D eigenvalue weighted by molar-refractivity contribution is 7.92. The fraction of sp³-hybridized carbons (Fsp3) is 0.500. The summed E-state index contributed by atoms with van der Waals surface area (Å²) in [5, 5.41) is 2.80. The maximum Gasteiger partial charge on any atom is 0.253 e. The van der Waals surface area contributed by atoms with Crippen molar-refractivity contribution in [2.24, 2.45) is 5.92 Å². The zero-order chi connectivity index (χ0) is 17.7. The van der Waals surface area contributed by atoms with Gasteiger partial charge in [0.2, 0.25) is 15.9 Å². The Balaban J connectivity index is 2.10. The quantitative estimate of drug-likeness (QED) is 0.827. The first-order valence-electron chi connectivity index (χ1n) is 7.95. The van der Waals surface area contributed by atoms with Crippen LogP contribution in [0.5, 0.6) is 0 Å². The molecule has 0 aromatic heterocycles. The van der Waals surface area contributed by atoms with Crippen LogP contribution in [0.15, 0.2) is 24.3 Å². The summed E-state index contributed by atoms with van der Waals surface area (Å²) in [6.07, 6.45) is 2.60. The van der Waals surface area contributed by atoms with Gasteiger partial charge in [0.25, 0.3) is 5.91 Å². The van der Waals surface area contributed by atoms with Crippen LogP contribution in [-0.2, 0) is 14.8 Å². The minimum Gasteiger partial charge on any atom is -0.356 e. The first kappa shape index (κ1) is 18.3. The van der Waals surface area contributed by atoms with Gasteiger partial charge in [-0.1, -0.05) is 6.07 Å². The zero-order valence-corrected chi connectivity index (χ0v) is 14.7. The van der Waals surface area contributed by atoms with Gasteiger partial charge in [0.15, 0.2) is 0 Å². The summed E-state index contributed by atoms with van der Waals surface area (Å²) in [4.78, 5) is 26.3. The Morgan fingerprint density at radius 3 is 2.75 bits per heavy atom. The molecule has 0 bridgehead atoms. The number of carbonyl (C=O) groups excluding carboxylic acids is 2. The average molecular weight is 353 g/mol. The third-order valence-corrected chi connectivity index (χ3v) is 4.45. The van der Waals surface area contributed by atoms with Gasteiger partial charge in [-0.05, 0) is 38.0 Å². The van der Waals surface area contributed by atoms with Crippen LogP contribution >= 0.6 is 0 Å². The molecule has 7 nitrogen and oxygen atoms in total. The van der Waals surface area contributed by atoms with Crippen LogP contribution in [0.4, 0.5) is 5.69 Å². The molecule has 8 heteroatoms. The molecule has 1 aliphatic heterocycles. The summed E-state index contributed by atoms with van der Waals surface area (Å²) in [5.74, 6) is -0.413. The number of likely N-dealkylation sites (tertiary alicyclic amines) is 1. The molecule has 24 heavy (non-hydrogen) atoms. The Kier molecular flexibility index (Phi) is 5.82. The zero-order valence-electron chi connectivity index (χ0n) is 13.9. The van der Waals surface area contributed by atoms with E-state index in [1.165, 1.54) is 6.07 Å². The van der Waals surface area contributed by atoms with Crippen LogP contribution in [-0.4, -0.2) is 51.0 Å².